The molecule has 1 heterocycles. The first kappa shape index (κ1) is 22.9. The Morgan fingerprint density at radius 3 is 2.39 bits per heavy atom. The van der Waals surface area contributed by atoms with Gasteiger partial charge in [-0.05, 0) is 48.9 Å². The Kier molecular flexibility index (Phi) is 7.04. The second-order valence-electron chi connectivity index (χ2n) is 7.10. The molecule has 1 unspecified atom stereocenters. The van der Waals surface area contributed by atoms with Gasteiger partial charge in [0.05, 0.1) is 10.9 Å². The van der Waals surface area contributed by atoms with Gasteiger partial charge in [-0.15, -0.1) is 11.3 Å². The summed E-state index contributed by atoms with van der Waals surface area (Å²) in [5.74, 6) is -0.561. The Hall–Kier alpha value is -2.81. The van der Waals surface area contributed by atoms with E-state index in [1.807, 2.05) is 19.1 Å². The van der Waals surface area contributed by atoms with Crippen molar-refractivity contribution in [1.29, 1.82) is 0 Å². The molecule has 0 spiro atoms. The van der Waals surface area contributed by atoms with Gasteiger partial charge in [0.1, 0.15) is 5.82 Å². The number of carbonyl (C=O) groups is 1. The summed E-state index contributed by atoms with van der Waals surface area (Å²) in [6.45, 7) is 1.82. The number of hydrogen-bond donors (Lipinski definition) is 1. The van der Waals surface area contributed by atoms with Gasteiger partial charge in [-0.2, -0.15) is 0 Å². The molecule has 162 valence electrons. The fraction of sp³-hybridized carbons (Fsp3) is 0.174. The molecular formula is C23H23FN2O3S2. The van der Waals surface area contributed by atoms with Crippen LogP contribution in [0.3, 0.4) is 0 Å². The fourth-order valence-corrected chi connectivity index (χ4v) is 4.73. The minimum Gasteiger partial charge on any atom is -0.346 e. The molecule has 0 bridgehead atoms. The Morgan fingerprint density at radius 2 is 1.74 bits per heavy atom. The van der Waals surface area contributed by atoms with E-state index in [2.05, 4.69) is 5.32 Å². The lowest BCUT2D eigenvalue weighted by Crippen LogP contribution is -2.25. The number of nitrogens with one attached hydrogen (secondary N) is 1. The van der Waals surface area contributed by atoms with Crippen LogP contribution >= 0.6 is 11.3 Å². The molecule has 1 amide bonds. The van der Waals surface area contributed by atoms with Crippen LogP contribution in [0.5, 0.6) is 0 Å². The van der Waals surface area contributed by atoms with E-state index in [0.29, 0.717) is 5.56 Å². The summed E-state index contributed by atoms with van der Waals surface area (Å²) in [7, 11) is -0.535. The van der Waals surface area contributed by atoms with Gasteiger partial charge in [-0.25, -0.2) is 17.1 Å². The zero-order valence-electron chi connectivity index (χ0n) is 17.4. The average Bonchev–Trinajstić information content (AvgIpc) is 3.21. The SMILES string of the molecule is CC(NC(=O)/C=C/c1ccc(-c2ccccc2F)s1)c1ccc(S(=O)(=O)N(C)C)cc1. The molecule has 1 N–H and O–H groups in total. The van der Waals surface area contributed by atoms with Gasteiger partial charge < -0.3 is 5.32 Å². The van der Waals surface area contributed by atoms with Crippen LogP contribution < -0.4 is 5.32 Å². The van der Waals surface area contributed by atoms with Crippen molar-refractivity contribution in [2.45, 2.75) is 17.9 Å². The van der Waals surface area contributed by atoms with E-state index in [1.54, 1.807) is 36.4 Å². The number of nitrogens with zero attached hydrogens (tertiary/aromatic N) is 1. The maximum absolute atomic E-state index is 13.9. The molecule has 2 aromatic carbocycles. The van der Waals surface area contributed by atoms with Gasteiger partial charge in [0.15, 0.2) is 0 Å². The van der Waals surface area contributed by atoms with Crippen LogP contribution in [-0.4, -0.2) is 32.7 Å². The van der Waals surface area contributed by atoms with Gasteiger partial charge >= 0.3 is 0 Å². The molecule has 3 rings (SSSR count). The third-order valence-electron chi connectivity index (χ3n) is 4.68. The largest absolute Gasteiger partial charge is 0.346 e. The molecule has 0 saturated carbocycles. The Labute approximate surface area is 185 Å². The standard InChI is InChI=1S/C23H23FN2O3S2/c1-16(17-8-12-19(13-9-17)31(28,29)26(2)3)25-23(27)15-11-18-10-14-22(30-18)20-6-4-5-7-21(20)24/h4-16H,1-3H3,(H,25,27)/b15-11+. The van der Waals surface area contributed by atoms with Crippen LogP contribution in [0.15, 0.2) is 71.6 Å². The number of hydrogen-bond acceptors (Lipinski definition) is 4. The highest BCUT2D eigenvalue weighted by Crippen LogP contribution is 2.30. The third-order valence-corrected chi connectivity index (χ3v) is 7.60. The van der Waals surface area contributed by atoms with E-state index >= 15 is 0 Å². The van der Waals surface area contributed by atoms with Crippen molar-refractivity contribution < 1.29 is 17.6 Å². The second kappa shape index (κ2) is 9.55. The zero-order valence-corrected chi connectivity index (χ0v) is 19.0. The molecular weight excluding hydrogens is 435 g/mol. The van der Waals surface area contributed by atoms with Gasteiger partial charge in [-0.1, -0.05) is 30.3 Å². The van der Waals surface area contributed by atoms with Crippen molar-refractivity contribution >= 4 is 33.3 Å². The highest BCUT2D eigenvalue weighted by molar-refractivity contribution is 7.89. The molecule has 8 heteroatoms. The maximum atomic E-state index is 13.9. The molecule has 0 aliphatic rings. The lowest BCUT2D eigenvalue weighted by molar-refractivity contribution is -0.117. The summed E-state index contributed by atoms with van der Waals surface area (Å²) in [6, 6.07) is 16.4. The van der Waals surface area contributed by atoms with Crippen molar-refractivity contribution in [2.24, 2.45) is 0 Å². The summed E-state index contributed by atoms with van der Waals surface area (Å²) in [5.41, 5.74) is 1.32. The first-order valence-electron chi connectivity index (χ1n) is 9.54. The van der Waals surface area contributed by atoms with E-state index in [0.717, 1.165) is 19.6 Å². The minimum atomic E-state index is -3.49. The predicted octanol–water partition coefficient (Wildman–Crippen LogP) is 4.70. The monoisotopic (exact) mass is 458 g/mol. The summed E-state index contributed by atoms with van der Waals surface area (Å²) in [6.07, 6.45) is 3.11. The third kappa shape index (κ3) is 5.46. The second-order valence-corrected chi connectivity index (χ2v) is 10.4. The summed E-state index contributed by atoms with van der Waals surface area (Å²) >= 11 is 1.40. The van der Waals surface area contributed by atoms with Gasteiger partial charge in [0.25, 0.3) is 0 Å². The van der Waals surface area contributed by atoms with E-state index < -0.39 is 10.0 Å². The van der Waals surface area contributed by atoms with Crippen LogP contribution in [-0.2, 0) is 14.8 Å². The zero-order chi connectivity index (χ0) is 22.6. The van der Waals surface area contributed by atoms with Crippen LogP contribution in [0.2, 0.25) is 0 Å². The first-order chi connectivity index (χ1) is 14.7. The number of benzene rings is 2. The Morgan fingerprint density at radius 1 is 1.06 bits per heavy atom. The van der Waals surface area contributed by atoms with Gasteiger partial charge in [0.2, 0.25) is 15.9 Å². The fourth-order valence-electron chi connectivity index (χ4n) is 2.89. The molecule has 0 fully saturated rings. The highest BCUT2D eigenvalue weighted by atomic mass is 32.2. The van der Waals surface area contributed by atoms with E-state index in [-0.39, 0.29) is 22.7 Å². The minimum absolute atomic E-state index is 0.197. The number of carbonyl (C=O) groups excluding carboxylic acids is 1. The molecule has 0 radical (unpaired) electrons. The van der Waals surface area contributed by atoms with E-state index in [9.17, 15) is 17.6 Å². The lowest BCUT2D eigenvalue weighted by Gasteiger charge is -2.15. The number of rotatable bonds is 7. The normalized spacial score (nSPS) is 12.9. The summed E-state index contributed by atoms with van der Waals surface area (Å²) in [4.78, 5) is 14.1. The van der Waals surface area contributed by atoms with Gasteiger partial charge in [-0.3, -0.25) is 4.79 Å². The van der Waals surface area contributed by atoms with Crippen molar-refractivity contribution in [2.75, 3.05) is 14.1 Å². The first-order valence-corrected chi connectivity index (χ1v) is 11.8. The van der Waals surface area contributed by atoms with Crippen molar-refractivity contribution in [3.8, 4) is 10.4 Å². The molecule has 0 aliphatic heterocycles. The number of amides is 1. The molecule has 0 saturated heterocycles. The molecule has 3 aromatic rings. The van der Waals surface area contributed by atoms with Crippen molar-refractivity contribution in [3.63, 3.8) is 0 Å². The number of halogens is 1. The van der Waals surface area contributed by atoms with E-state index in [4.69, 9.17) is 0 Å². The van der Waals surface area contributed by atoms with E-state index in [1.165, 1.54) is 49.7 Å². The van der Waals surface area contributed by atoms with Crippen LogP contribution in [0.4, 0.5) is 4.39 Å². The molecule has 31 heavy (non-hydrogen) atoms. The van der Waals surface area contributed by atoms with Gasteiger partial charge in [0, 0.05) is 35.5 Å². The lowest BCUT2D eigenvalue weighted by atomic mass is 10.1. The average molecular weight is 459 g/mol. The topological polar surface area (TPSA) is 66.5 Å². The maximum Gasteiger partial charge on any atom is 0.244 e. The predicted molar refractivity (Wildman–Crippen MR) is 123 cm³/mol. The quantitative estimate of drug-likeness (QED) is 0.522. The summed E-state index contributed by atoms with van der Waals surface area (Å²) < 4.78 is 39.4. The Bertz CT molecular complexity index is 1200. The van der Waals surface area contributed by atoms with Crippen LogP contribution in [0.25, 0.3) is 16.5 Å². The molecule has 0 aliphatic carbocycles. The highest BCUT2D eigenvalue weighted by Gasteiger charge is 2.17. The van der Waals surface area contributed by atoms with Crippen LogP contribution in [0.1, 0.15) is 23.4 Å². The molecule has 5 nitrogen and oxygen atoms in total. The van der Waals surface area contributed by atoms with Crippen molar-refractivity contribution in [1.82, 2.24) is 9.62 Å². The number of sulfonamides is 1. The number of thiophene rings is 1. The summed E-state index contributed by atoms with van der Waals surface area (Å²) in [5, 5.41) is 2.85. The van der Waals surface area contributed by atoms with Crippen molar-refractivity contribution in [3.05, 3.63) is 83.0 Å². The smallest absolute Gasteiger partial charge is 0.244 e. The van der Waals surface area contributed by atoms with Crippen LogP contribution in [0, 0.1) is 5.82 Å². The Balaban J connectivity index is 1.63. The molecule has 1 aromatic heterocycles. The molecule has 1 atom stereocenters.